The van der Waals surface area contributed by atoms with Crippen molar-refractivity contribution in [3.63, 3.8) is 0 Å². The quantitative estimate of drug-likeness (QED) is 0.222. The van der Waals surface area contributed by atoms with Gasteiger partial charge in [-0.3, -0.25) is 0 Å². The number of likely N-dealkylation sites (tertiary alicyclic amines) is 1. The number of thiazole rings is 1. The zero-order chi connectivity index (χ0) is 29.1. The second-order valence-electron chi connectivity index (χ2n) is 12.1. The fourth-order valence-electron chi connectivity index (χ4n) is 6.56. The number of ether oxygens (including phenoxy) is 1. The summed E-state index contributed by atoms with van der Waals surface area (Å²) in [6, 6.07) is -0.150. The maximum Gasteiger partial charge on any atom is 0.213 e. The molecule has 1 fully saturated rings. The molecule has 0 radical (unpaired) electrons. The van der Waals surface area contributed by atoms with Crippen molar-refractivity contribution in [2.45, 2.75) is 95.7 Å². The zero-order valence-electron chi connectivity index (χ0n) is 24.1. The maximum absolute atomic E-state index is 13.1. The molecule has 2 heterocycles. The van der Waals surface area contributed by atoms with Crippen molar-refractivity contribution in [3.05, 3.63) is 45.5 Å². The number of hydrogen-bond donors (Lipinski definition) is 4. The van der Waals surface area contributed by atoms with Crippen LogP contribution in [0.25, 0.3) is 5.57 Å². The molecule has 0 bridgehead atoms. The smallest absolute Gasteiger partial charge is 0.213 e. The van der Waals surface area contributed by atoms with Gasteiger partial charge in [-0.1, -0.05) is 18.2 Å². The molecule has 5 rings (SSSR count). The maximum atomic E-state index is 13.1. The average Bonchev–Trinajstić information content (AvgIpc) is 3.57. The van der Waals surface area contributed by atoms with E-state index in [4.69, 9.17) is 15.1 Å². The number of aliphatic hydroxyl groups is 2. The Kier molecular flexibility index (Phi) is 9.95. The predicted molar refractivity (Wildman–Crippen MR) is 163 cm³/mol. The van der Waals surface area contributed by atoms with Gasteiger partial charge in [-0.15, -0.1) is 11.3 Å². The Labute approximate surface area is 248 Å². The summed E-state index contributed by atoms with van der Waals surface area (Å²) in [7, 11) is -3.43. The van der Waals surface area contributed by atoms with Gasteiger partial charge in [0, 0.05) is 43.3 Å². The van der Waals surface area contributed by atoms with Gasteiger partial charge in [0.05, 0.1) is 16.7 Å². The second kappa shape index (κ2) is 13.3. The van der Waals surface area contributed by atoms with Gasteiger partial charge in [0.1, 0.15) is 11.1 Å². The molecular weight excluding hydrogens is 560 g/mol. The summed E-state index contributed by atoms with van der Waals surface area (Å²) < 4.78 is 35.0. The van der Waals surface area contributed by atoms with Crippen LogP contribution in [-0.4, -0.2) is 84.2 Å². The highest BCUT2D eigenvalue weighted by Crippen LogP contribution is 2.44. The van der Waals surface area contributed by atoms with Crippen molar-refractivity contribution >= 4 is 32.6 Å². The van der Waals surface area contributed by atoms with Gasteiger partial charge in [0.15, 0.2) is 6.29 Å². The summed E-state index contributed by atoms with van der Waals surface area (Å²) in [4.78, 5) is 8.03. The molecule has 1 aromatic heterocycles. The molecule has 3 unspecified atom stereocenters. The molecule has 1 saturated heterocycles. The molecule has 3 atom stereocenters. The van der Waals surface area contributed by atoms with Crippen molar-refractivity contribution in [3.8, 4) is 0 Å². The van der Waals surface area contributed by atoms with Crippen molar-refractivity contribution in [2.24, 2.45) is 5.92 Å². The first-order chi connectivity index (χ1) is 19.6. The molecule has 4 aliphatic rings. The Morgan fingerprint density at radius 2 is 1.98 bits per heavy atom. The van der Waals surface area contributed by atoms with Gasteiger partial charge >= 0.3 is 0 Å². The SMILES string of the molecule is CC(C)OC1C=CC(c2ncc(C3=CCCC4=C3CCC4NS(=O)(=O)CCN3CCC(CC(O)O)CC3)s2)CC1=N. The molecule has 4 N–H and O–H groups in total. The van der Waals surface area contributed by atoms with Crippen LogP contribution < -0.4 is 4.72 Å². The van der Waals surface area contributed by atoms with E-state index in [9.17, 15) is 18.6 Å². The van der Waals surface area contributed by atoms with Crippen LogP contribution in [0.1, 0.15) is 81.0 Å². The predicted octanol–water partition coefficient (Wildman–Crippen LogP) is 3.97. The Hall–Kier alpha value is -1.73. The van der Waals surface area contributed by atoms with Crippen molar-refractivity contribution in [2.75, 3.05) is 25.4 Å². The number of sulfonamides is 1. The van der Waals surface area contributed by atoms with E-state index in [2.05, 4.69) is 21.8 Å². The summed E-state index contributed by atoms with van der Waals surface area (Å²) >= 11 is 1.68. The van der Waals surface area contributed by atoms with E-state index in [1.165, 1.54) is 16.7 Å². The van der Waals surface area contributed by atoms with E-state index in [1.807, 2.05) is 26.1 Å². The average molecular weight is 605 g/mol. The number of hydrogen-bond acceptors (Lipinski definition) is 9. The Morgan fingerprint density at radius 3 is 2.68 bits per heavy atom. The number of rotatable bonds is 11. The number of piperidine rings is 1. The molecule has 3 aliphatic carbocycles. The van der Waals surface area contributed by atoms with Crippen LogP contribution >= 0.6 is 11.3 Å². The lowest BCUT2D eigenvalue weighted by atomic mass is 9.91. The number of nitrogens with zero attached hydrogens (tertiary/aromatic N) is 2. The third-order valence-corrected chi connectivity index (χ3v) is 11.2. The first-order valence-corrected chi connectivity index (χ1v) is 17.4. The van der Waals surface area contributed by atoms with Crippen LogP contribution in [0, 0.1) is 11.3 Å². The van der Waals surface area contributed by atoms with Crippen LogP contribution in [0.5, 0.6) is 0 Å². The van der Waals surface area contributed by atoms with Crippen LogP contribution in [0.2, 0.25) is 0 Å². The largest absolute Gasteiger partial charge is 0.368 e. The van der Waals surface area contributed by atoms with Crippen LogP contribution in [0.15, 0.2) is 35.6 Å². The number of nitrogens with one attached hydrogen (secondary N) is 2. The minimum atomic E-state index is -3.43. The molecule has 1 aliphatic heterocycles. The molecule has 226 valence electrons. The third kappa shape index (κ3) is 7.81. The molecule has 41 heavy (non-hydrogen) atoms. The summed E-state index contributed by atoms with van der Waals surface area (Å²) in [6.07, 6.45) is 13.0. The standard InChI is InChI=1S/C30H44N4O5S2/c1-19(2)39-27-9-6-21(17-25(27)31)30-32-18-28(40-30)24-5-3-4-23-22(24)7-8-26(23)33-41(37,38)15-14-34-12-10-20(11-13-34)16-29(35)36/h5-6,9,18-21,26-27,29,31,33,35-36H,3-4,7-8,10-17H2,1-2H3. The fraction of sp³-hybridized carbons (Fsp3) is 0.667. The van der Waals surface area contributed by atoms with E-state index in [-0.39, 0.29) is 35.8 Å². The molecule has 11 heteroatoms. The van der Waals surface area contributed by atoms with Crippen LogP contribution in [0.4, 0.5) is 0 Å². The first kappa shape index (κ1) is 30.7. The number of aromatic nitrogens is 1. The molecule has 9 nitrogen and oxygen atoms in total. The highest BCUT2D eigenvalue weighted by Gasteiger charge is 2.33. The van der Waals surface area contributed by atoms with Crippen LogP contribution in [-0.2, 0) is 14.8 Å². The van der Waals surface area contributed by atoms with E-state index in [1.54, 1.807) is 11.3 Å². The normalized spacial score (nSPS) is 26.3. The van der Waals surface area contributed by atoms with Gasteiger partial charge in [-0.2, -0.15) is 0 Å². The summed E-state index contributed by atoms with van der Waals surface area (Å²) in [5.74, 6) is 0.450. The third-order valence-electron chi connectivity index (χ3n) is 8.65. The minimum absolute atomic E-state index is 0.0747. The molecule has 0 amide bonds. The Balaban J connectivity index is 1.18. The Bertz CT molecular complexity index is 1290. The van der Waals surface area contributed by atoms with Crippen LogP contribution in [0.3, 0.4) is 0 Å². The van der Waals surface area contributed by atoms with Crippen molar-refractivity contribution in [1.29, 1.82) is 5.41 Å². The van der Waals surface area contributed by atoms with Gasteiger partial charge in [0.25, 0.3) is 0 Å². The summed E-state index contributed by atoms with van der Waals surface area (Å²) in [6.45, 7) is 6.05. The molecular formula is C30H44N4O5S2. The van der Waals surface area contributed by atoms with Gasteiger partial charge in [0.2, 0.25) is 10.0 Å². The lowest BCUT2D eigenvalue weighted by molar-refractivity contribution is -0.0608. The first-order valence-electron chi connectivity index (χ1n) is 15.0. The zero-order valence-corrected chi connectivity index (χ0v) is 25.7. The van der Waals surface area contributed by atoms with E-state index in [0.29, 0.717) is 25.1 Å². The second-order valence-corrected chi connectivity index (χ2v) is 15.0. The fourth-order valence-corrected chi connectivity index (χ4v) is 8.93. The Morgan fingerprint density at radius 1 is 1.20 bits per heavy atom. The summed E-state index contributed by atoms with van der Waals surface area (Å²) in [5.41, 5.74) is 4.27. The van der Waals surface area contributed by atoms with Gasteiger partial charge < -0.3 is 25.3 Å². The highest BCUT2D eigenvalue weighted by atomic mass is 32.2. The van der Waals surface area contributed by atoms with Crippen molar-refractivity contribution < 1.29 is 23.4 Å². The lowest BCUT2D eigenvalue weighted by Gasteiger charge is -2.32. The minimum Gasteiger partial charge on any atom is -0.368 e. The monoisotopic (exact) mass is 604 g/mol. The summed E-state index contributed by atoms with van der Waals surface area (Å²) in [5, 5.41) is 27.9. The molecule has 1 aromatic rings. The van der Waals surface area contributed by atoms with Gasteiger partial charge in [-0.05, 0) is 88.1 Å². The highest BCUT2D eigenvalue weighted by molar-refractivity contribution is 7.89. The lowest BCUT2D eigenvalue weighted by Crippen LogP contribution is -2.42. The molecule has 0 spiro atoms. The number of aliphatic hydroxyl groups excluding tert-OH is 1. The topological polar surface area (TPSA) is 136 Å². The van der Waals surface area contributed by atoms with Gasteiger partial charge in [-0.25, -0.2) is 18.1 Å². The molecule has 0 saturated carbocycles. The van der Waals surface area contributed by atoms with E-state index in [0.717, 1.165) is 61.5 Å². The number of allylic oxidation sites excluding steroid dienone is 4. The van der Waals surface area contributed by atoms with E-state index >= 15 is 0 Å². The molecule has 0 aromatic carbocycles. The van der Waals surface area contributed by atoms with Crippen molar-refractivity contribution in [1.82, 2.24) is 14.6 Å². The van der Waals surface area contributed by atoms with E-state index < -0.39 is 16.3 Å².